The topological polar surface area (TPSA) is 101 Å². The molecule has 13 heavy (non-hydrogen) atoms. The summed E-state index contributed by atoms with van der Waals surface area (Å²) in [6.45, 7) is -0.0130. The van der Waals surface area contributed by atoms with Gasteiger partial charge in [0, 0.05) is 6.04 Å². The summed E-state index contributed by atoms with van der Waals surface area (Å²) in [4.78, 5) is 0. The van der Waals surface area contributed by atoms with Crippen LogP contribution in [0.2, 0.25) is 0 Å². The number of rotatable bonds is 3. The molecule has 74 valence electrons. The third-order valence-electron chi connectivity index (χ3n) is 1.67. The van der Waals surface area contributed by atoms with Gasteiger partial charge in [-0.1, -0.05) is 12.1 Å². The Morgan fingerprint density at radius 1 is 1.23 bits per heavy atom. The fourth-order valence-electron chi connectivity index (χ4n) is 0.999. The molecular formula is C9H16N2O2. The molecule has 1 rings (SSSR count). The van der Waals surface area contributed by atoms with Crippen molar-refractivity contribution in [1.29, 1.82) is 0 Å². The molecule has 0 heterocycles. The van der Waals surface area contributed by atoms with Crippen molar-refractivity contribution in [2.45, 2.75) is 12.5 Å². The lowest BCUT2D eigenvalue weighted by Gasteiger charge is -2.07. The van der Waals surface area contributed by atoms with Crippen molar-refractivity contribution in [2.75, 3.05) is 6.61 Å². The van der Waals surface area contributed by atoms with Gasteiger partial charge in [-0.15, -0.1) is 0 Å². The summed E-state index contributed by atoms with van der Waals surface area (Å²) in [5.41, 5.74) is 6.55. The van der Waals surface area contributed by atoms with Gasteiger partial charge in [0.2, 0.25) is 0 Å². The van der Waals surface area contributed by atoms with Crippen molar-refractivity contribution in [3.05, 3.63) is 29.8 Å². The van der Waals surface area contributed by atoms with E-state index in [1.54, 1.807) is 24.3 Å². The van der Waals surface area contributed by atoms with E-state index in [0.717, 1.165) is 5.56 Å². The number of phenols is 1. The first-order chi connectivity index (χ1) is 5.72. The Kier molecular flexibility index (Phi) is 5.06. The summed E-state index contributed by atoms with van der Waals surface area (Å²) in [5.74, 6) is 0.247. The molecule has 0 aliphatic heterocycles. The highest BCUT2D eigenvalue weighted by atomic mass is 16.3. The summed E-state index contributed by atoms with van der Waals surface area (Å²) in [6, 6.07) is 6.60. The first-order valence-corrected chi connectivity index (χ1v) is 3.86. The molecule has 1 atom stereocenters. The smallest absolute Gasteiger partial charge is 0.115 e. The number of aliphatic hydroxyl groups excluding tert-OH is 1. The van der Waals surface area contributed by atoms with E-state index in [4.69, 9.17) is 15.9 Å². The minimum Gasteiger partial charge on any atom is -0.508 e. The second kappa shape index (κ2) is 5.53. The SMILES string of the molecule is N.N[C@H](CO)Cc1ccc(O)cc1. The fourth-order valence-corrected chi connectivity index (χ4v) is 0.999. The molecule has 0 aromatic heterocycles. The normalized spacial score (nSPS) is 11.8. The number of aromatic hydroxyl groups is 1. The van der Waals surface area contributed by atoms with Gasteiger partial charge in [0.15, 0.2) is 0 Å². The van der Waals surface area contributed by atoms with Crippen LogP contribution in [0, 0.1) is 0 Å². The van der Waals surface area contributed by atoms with Crippen LogP contribution in [0.5, 0.6) is 5.75 Å². The lowest BCUT2D eigenvalue weighted by molar-refractivity contribution is 0.265. The van der Waals surface area contributed by atoms with Crippen LogP contribution in [0.1, 0.15) is 5.56 Å². The Bertz CT molecular complexity index is 236. The third-order valence-corrected chi connectivity index (χ3v) is 1.67. The van der Waals surface area contributed by atoms with Gasteiger partial charge in [-0.2, -0.15) is 0 Å². The molecule has 0 saturated carbocycles. The minimum absolute atomic E-state index is 0. The van der Waals surface area contributed by atoms with Gasteiger partial charge < -0.3 is 22.1 Å². The fraction of sp³-hybridized carbons (Fsp3) is 0.333. The average Bonchev–Trinajstić information content (AvgIpc) is 2.09. The Hall–Kier alpha value is -1.10. The summed E-state index contributed by atoms with van der Waals surface area (Å²) in [6.07, 6.45) is 0.636. The molecule has 1 aromatic carbocycles. The number of benzene rings is 1. The zero-order chi connectivity index (χ0) is 8.97. The van der Waals surface area contributed by atoms with Gasteiger partial charge in [-0.05, 0) is 24.1 Å². The van der Waals surface area contributed by atoms with Crippen molar-refractivity contribution in [3.8, 4) is 5.75 Å². The summed E-state index contributed by atoms with van der Waals surface area (Å²) < 4.78 is 0. The molecule has 7 N–H and O–H groups in total. The predicted molar refractivity (Wildman–Crippen MR) is 51.9 cm³/mol. The Labute approximate surface area is 77.6 Å². The van der Waals surface area contributed by atoms with Crippen LogP contribution in [-0.2, 0) is 6.42 Å². The van der Waals surface area contributed by atoms with Gasteiger partial charge in [0.05, 0.1) is 6.61 Å². The first kappa shape index (κ1) is 11.9. The van der Waals surface area contributed by atoms with Crippen LogP contribution in [0.3, 0.4) is 0 Å². The highest BCUT2D eigenvalue weighted by molar-refractivity contribution is 5.26. The van der Waals surface area contributed by atoms with E-state index in [9.17, 15) is 0 Å². The highest BCUT2D eigenvalue weighted by Crippen LogP contribution is 2.10. The second-order valence-corrected chi connectivity index (χ2v) is 2.81. The van der Waals surface area contributed by atoms with Crippen LogP contribution in [-0.4, -0.2) is 22.9 Å². The van der Waals surface area contributed by atoms with E-state index >= 15 is 0 Å². The molecule has 0 aliphatic rings. The first-order valence-electron chi connectivity index (χ1n) is 3.86. The highest BCUT2D eigenvalue weighted by Gasteiger charge is 2.01. The molecule has 0 spiro atoms. The Morgan fingerprint density at radius 3 is 2.23 bits per heavy atom. The molecule has 0 amide bonds. The van der Waals surface area contributed by atoms with Crippen LogP contribution in [0.25, 0.3) is 0 Å². The van der Waals surface area contributed by atoms with Crippen molar-refractivity contribution in [2.24, 2.45) is 5.73 Å². The molecule has 4 heteroatoms. The van der Waals surface area contributed by atoms with E-state index in [1.807, 2.05) is 0 Å². The summed E-state index contributed by atoms with van der Waals surface area (Å²) >= 11 is 0. The maximum absolute atomic E-state index is 8.97. The zero-order valence-electron chi connectivity index (χ0n) is 7.48. The third kappa shape index (κ3) is 3.89. The van der Waals surface area contributed by atoms with E-state index in [2.05, 4.69) is 0 Å². The quantitative estimate of drug-likeness (QED) is 0.546. The lowest BCUT2D eigenvalue weighted by atomic mass is 10.1. The molecule has 0 bridgehead atoms. The van der Waals surface area contributed by atoms with Crippen molar-refractivity contribution in [3.63, 3.8) is 0 Å². The molecular weight excluding hydrogens is 168 g/mol. The largest absolute Gasteiger partial charge is 0.508 e. The molecule has 0 unspecified atom stereocenters. The summed E-state index contributed by atoms with van der Waals surface area (Å²) in [5, 5.41) is 17.6. The van der Waals surface area contributed by atoms with Gasteiger partial charge >= 0.3 is 0 Å². The van der Waals surface area contributed by atoms with E-state index in [1.165, 1.54) is 0 Å². The number of aliphatic hydroxyl groups is 1. The maximum atomic E-state index is 8.97. The van der Waals surface area contributed by atoms with Crippen LogP contribution >= 0.6 is 0 Å². The number of hydrogen-bond acceptors (Lipinski definition) is 4. The summed E-state index contributed by atoms with van der Waals surface area (Å²) in [7, 11) is 0. The average molecular weight is 184 g/mol. The van der Waals surface area contributed by atoms with Crippen molar-refractivity contribution >= 4 is 0 Å². The molecule has 1 aromatic rings. The van der Waals surface area contributed by atoms with E-state index in [-0.39, 0.29) is 24.5 Å². The molecule has 0 radical (unpaired) electrons. The standard InChI is InChI=1S/C9H13NO2.H3N/c10-8(6-11)5-7-1-3-9(12)4-2-7;/h1-4,8,11-12H,5-6,10H2;1H3/t8-;/m0./s1. The van der Waals surface area contributed by atoms with Gasteiger partial charge in [-0.3, -0.25) is 0 Å². The molecule has 4 nitrogen and oxygen atoms in total. The zero-order valence-corrected chi connectivity index (χ0v) is 7.48. The second-order valence-electron chi connectivity index (χ2n) is 2.81. The lowest BCUT2D eigenvalue weighted by Crippen LogP contribution is -2.26. The van der Waals surface area contributed by atoms with Gasteiger partial charge in [0.1, 0.15) is 5.75 Å². The number of hydrogen-bond donors (Lipinski definition) is 4. The maximum Gasteiger partial charge on any atom is 0.115 e. The van der Waals surface area contributed by atoms with Gasteiger partial charge in [0.25, 0.3) is 0 Å². The monoisotopic (exact) mass is 184 g/mol. The van der Waals surface area contributed by atoms with E-state index in [0.29, 0.717) is 6.42 Å². The Morgan fingerprint density at radius 2 is 1.77 bits per heavy atom. The predicted octanol–water partition coefficient (Wildman–Crippen LogP) is 0.416. The Balaban J connectivity index is 0.00000144. The minimum atomic E-state index is -0.213. The van der Waals surface area contributed by atoms with Gasteiger partial charge in [-0.25, -0.2) is 0 Å². The molecule has 0 aliphatic carbocycles. The molecule has 0 saturated heterocycles. The van der Waals surface area contributed by atoms with Crippen molar-refractivity contribution in [1.82, 2.24) is 6.15 Å². The van der Waals surface area contributed by atoms with Crippen LogP contribution < -0.4 is 11.9 Å². The number of phenolic OH excluding ortho intramolecular Hbond substituents is 1. The van der Waals surface area contributed by atoms with Crippen LogP contribution in [0.4, 0.5) is 0 Å². The van der Waals surface area contributed by atoms with Crippen LogP contribution in [0.15, 0.2) is 24.3 Å². The van der Waals surface area contributed by atoms with Crippen molar-refractivity contribution < 1.29 is 10.2 Å². The number of nitrogens with two attached hydrogens (primary N) is 1. The molecule has 0 fully saturated rings. The van der Waals surface area contributed by atoms with E-state index < -0.39 is 0 Å².